The SMILES string of the molecule is c1ccc(-c2nc3ccc(-c4ccc(-c5ccc6cc(-c7ccc8ccccc8c7)ccc6c5)cc4)cc3c3cc4c(cc23)c2ccccc2n4-c2ccccc2)cc1. The number of para-hydroxylation sites is 2. The van der Waals surface area contributed by atoms with Crippen molar-refractivity contribution in [2.45, 2.75) is 0 Å². The summed E-state index contributed by atoms with van der Waals surface area (Å²) >= 11 is 0. The summed E-state index contributed by atoms with van der Waals surface area (Å²) in [5.74, 6) is 0. The van der Waals surface area contributed by atoms with Gasteiger partial charge in [-0.25, -0.2) is 4.98 Å². The summed E-state index contributed by atoms with van der Waals surface area (Å²) in [6.07, 6.45) is 0. The molecular formula is C57H36N2. The van der Waals surface area contributed by atoms with E-state index in [1.165, 1.54) is 82.1 Å². The minimum Gasteiger partial charge on any atom is -0.309 e. The third-order valence-electron chi connectivity index (χ3n) is 12.1. The molecule has 0 atom stereocenters. The maximum Gasteiger partial charge on any atom is 0.0788 e. The molecule has 0 unspecified atom stereocenters. The van der Waals surface area contributed by atoms with Gasteiger partial charge in [0, 0.05) is 32.8 Å². The number of hydrogen-bond acceptors (Lipinski definition) is 1. The zero-order chi connectivity index (χ0) is 38.9. The number of hydrogen-bond donors (Lipinski definition) is 0. The Bertz CT molecular complexity index is 3580. The molecule has 0 saturated heterocycles. The van der Waals surface area contributed by atoms with E-state index in [9.17, 15) is 0 Å². The van der Waals surface area contributed by atoms with Crippen molar-refractivity contribution in [3.8, 4) is 50.3 Å². The molecule has 10 aromatic carbocycles. The van der Waals surface area contributed by atoms with Gasteiger partial charge in [0.05, 0.1) is 22.2 Å². The molecule has 0 fully saturated rings. The molecule has 0 aliphatic rings. The van der Waals surface area contributed by atoms with Crippen molar-refractivity contribution in [3.05, 3.63) is 218 Å². The quantitative estimate of drug-likeness (QED) is 0.160. The van der Waals surface area contributed by atoms with Crippen LogP contribution in [0.15, 0.2) is 218 Å². The average Bonchev–Trinajstić information content (AvgIpc) is 3.64. The highest BCUT2D eigenvalue weighted by Gasteiger charge is 2.18. The third kappa shape index (κ3) is 5.61. The molecule has 0 aliphatic heterocycles. The highest BCUT2D eigenvalue weighted by atomic mass is 15.0. The maximum atomic E-state index is 5.37. The Kier molecular flexibility index (Phi) is 7.57. The molecule has 2 heterocycles. The molecule has 2 heteroatoms. The molecule has 2 aromatic heterocycles. The van der Waals surface area contributed by atoms with E-state index in [1.807, 2.05) is 0 Å². The van der Waals surface area contributed by atoms with Crippen LogP contribution >= 0.6 is 0 Å². The minimum atomic E-state index is 0.985. The fourth-order valence-corrected chi connectivity index (χ4v) is 9.14. The Hall–Kier alpha value is -7.81. The van der Waals surface area contributed by atoms with Gasteiger partial charge in [0.15, 0.2) is 0 Å². The topological polar surface area (TPSA) is 17.8 Å². The first-order chi connectivity index (χ1) is 29.2. The van der Waals surface area contributed by atoms with E-state index >= 15 is 0 Å². The Morgan fingerprint density at radius 2 is 0.797 bits per heavy atom. The molecule has 0 amide bonds. The number of rotatable bonds is 5. The lowest BCUT2D eigenvalue weighted by atomic mass is 9.94. The van der Waals surface area contributed by atoms with Crippen LogP contribution in [-0.4, -0.2) is 9.55 Å². The highest BCUT2D eigenvalue weighted by molar-refractivity contribution is 6.20. The second kappa shape index (κ2) is 13.4. The van der Waals surface area contributed by atoms with E-state index in [0.29, 0.717) is 0 Å². The summed E-state index contributed by atoms with van der Waals surface area (Å²) in [6.45, 7) is 0. The Balaban J connectivity index is 0.954. The normalized spacial score (nSPS) is 11.7. The van der Waals surface area contributed by atoms with Crippen LogP contribution in [0, 0.1) is 0 Å². The first-order valence-corrected chi connectivity index (χ1v) is 20.3. The van der Waals surface area contributed by atoms with Gasteiger partial charge in [-0.2, -0.15) is 0 Å². The van der Waals surface area contributed by atoms with Gasteiger partial charge < -0.3 is 4.57 Å². The van der Waals surface area contributed by atoms with Crippen LogP contribution in [0.5, 0.6) is 0 Å². The highest BCUT2D eigenvalue weighted by Crippen LogP contribution is 2.41. The number of nitrogens with zero attached hydrogens (tertiary/aromatic N) is 2. The summed E-state index contributed by atoms with van der Waals surface area (Å²) in [4.78, 5) is 5.37. The van der Waals surface area contributed by atoms with Crippen LogP contribution in [0.1, 0.15) is 0 Å². The number of benzene rings is 10. The second-order valence-corrected chi connectivity index (χ2v) is 15.6. The molecule has 0 spiro atoms. The molecule has 59 heavy (non-hydrogen) atoms. The first kappa shape index (κ1) is 33.3. The molecule has 2 nitrogen and oxygen atoms in total. The summed E-state index contributed by atoms with van der Waals surface area (Å²) in [5.41, 5.74) is 13.9. The van der Waals surface area contributed by atoms with Crippen molar-refractivity contribution in [1.82, 2.24) is 9.55 Å². The monoisotopic (exact) mass is 748 g/mol. The Labute approximate surface area is 341 Å². The van der Waals surface area contributed by atoms with Crippen LogP contribution in [0.3, 0.4) is 0 Å². The zero-order valence-corrected chi connectivity index (χ0v) is 32.2. The Morgan fingerprint density at radius 1 is 0.271 bits per heavy atom. The first-order valence-electron chi connectivity index (χ1n) is 20.3. The number of pyridine rings is 1. The van der Waals surface area contributed by atoms with E-state index in [0.717, 1.165) is 33.2 Å². The molecule has 12 rings (SSSR count). The summed E-state index contributed by atoms with van der Waals surface area (Å²) in [7, 11) is 0. The predicted molar refractivity (Wildman–Crippen MR) is 250 cm³/mol. The van der Waals surface area contributed by atoms with Crippen molar-refractivity contribution in [2.75, 3.05) is 0 Å². The van der Waals surface area contributed by atoms with Crippen molar-refractivity contribution < 1.29 is 0 Å². The molecule has 0 aliphatic carbocycles. The third-order valence-corrected chi connectivity index (χ3v) is 12.1. The van der Waals surface area contributed by atoms with E-state index in [-0.39, 0.29) is 0 Å². The molecule has 0 radical (unpaired) electrons. The van der Waals surface area contributed by atoms with Gasteiger partial charge in [-0.1, -0.05) is 158 Å². The lowest BCUT2D eigenvalue weighted by molar-refractivity contribution is 1.18. The van der Waals surface area contributed by atoms with Gasteiger partial charge >= 0.3 is 0 Å². The predicted octanol–water partition coefficient (Wildman–Crippen LogP) is 15.5. The minimum absolute atomic E-state index is 0.985. The smallest absolute Gasteiger partial charge is 0.0788 e. The van der Waals surface area contributed by atoms with Crippen LogP contribution in [-0.2, 0) is 0 Å². The van der Waals surface area contributed by atoms with Crippen molar-refractivity contribution in [3.63, 3.8) is 0 Å². The number of aromatic nitrogens is 2. The summed E-state index contributed by atoms with van der Waals surface area (Å²) in [5, 5.41) is 11.0. The fourth-order valence-electron chi connectivity index (χ4n) is 9.14. The molecule has 12 aromatic rings. The van der Waals surface area contributed by atoms with E-state index < -0.39 is 0 Å². The van der Waals surface area contributed by atoms with Gasteiger partial charge in [0.1, 0.15) is 0 Å². The standard InChI is InChI=1S/C57H36N2/c1-3-12-40(13-4-1)57-53-35-52-49-17-9-10-18-55(49)59(48-15-5-2-6-16-48)56(52)36-50(53)51-34-47(29-30-54(51)58-57)39-21-19-38(20-22-39)42-25-26-45-33-46(28-27-44(45)32-42)43-24-23-37-11-7-8-14-41(37)31-43/h1-36H. The van der Waals surface area contributed by atoms with Gasteiger partial charge in [-0.15, -0.1) is 0 Å². The molecular weight excluding hydrogens is 713 g/mol. The summed E-state index contributed by atoms with van der Waals surface area (Å²) in [6, 6.07) is 79.4. The van der Waals surface area contributed by atoms with Gasteiger partial charge in [0.2, 0.25) is 0 Å². The van der Waals surface area contributed by atoms with Gasteiger partial charge in [0.25, 0.3) is 0 Å². The van der Waals surface area contributed by atoms with Crippen molar-refractivity contribution >= 4 is 65.0 Å². The lowest BCUT2D eigenvalue weighted by Crippen LogP contribution is -1.94. The maximum absolute atomic E-state index is 5.37. The van der Waals surface area contributed by atoms with E-state index in [1.54, 1.807) is 0 Å². The average molecular weight is 749 g/mol. The number of fused-ring (bicyclic) bond motifs is 8. The van der Waals surface area contributed by atoms with Gasteiger partial charge in [-0.05, 0) is 121 Å². The summed E-state index contributed by atoms with van der Waals surface area (Å²) < 4.78 is 2.40. The van der Waals surface area contributed by atoms with Crippen LogP contribution in [0.25, 0.3) is 115 Å². The largest absolute Gasteiger partial charge is 0.309 e. The van der Waals surface area contributed by atoms with Crippen molar-refractivity contribution in [2.24, 2.45) is 0 Å². The second-order valence-electron chi connectivity index (χ2n) is 15.6. The molecule has 0 saturated carbocycles. The lowest BCUT2D eigenvalue weighted by Gasteiger charge is -2.14. The van der Waals surface area contributed by atoms with E-state index in [2.05, 4.69) is 223 Å². The van der Waals surface area contributed by atoms with Crippen LogP contribution in [0.2, 0.25) is 0 Å². The Morgan fingerprint density at radius 3 is 1.51 bits per heavy atom. The van der Waals surface area contributed by atoms with E-state index in [4.69, 9.17) is 4.98 Å². The zero-order valence-electron chi connectivity index (χ0n) is 32.2. The van der Waals surface area contributed by atoms with Crippen molar-refractivity contribution in [1.29, 1.82) is 0 Å². The van der Waals surface area contributed by atoms with Gasteiger partial charge in [-0.3, -0.25) is 0 Å². The van der Waals surface area contributed by atoms with Crippen LogP contribution in [0.4, 0.5) is 0 Å². The molecule has 0 bridgehead atoms. The molecule has 274 valence electrons. The van der Waals surface area contributed by atoms with Crippen LogP contribution < -0.4 is 0 Å². The molecule has 0 N–H and O–H groups in total. The fraction of sp³-hybridized carbons (Fsp3) is 0.